The molecule has 108 valence electrons. The third-order valence-corrected chi connectivity index (χ3v) is 3.37. The number of hydrogen-bond donors (Lipinski definition) is 1. The van der Waals surface area contributed by atoms with Crippen molar-refractivity contribution in [1.82, 2.24) is 20.1 Å². The van der Waals surface area contributed by atoms with E-state index in [1.54, 1.807) is 0 Å². The Morgan fingerprint density at radius 1 is 1.10 bits per heavy atom. The molecule has 0 amide bonds. The second-order valence-corrected chi connectivity index (χ2v) is 5.05. The van der Waals surface area contributed by atoms with E-state index in [1.807, 2.05) is 18.6 Å². The van der Waals surface area contributed by atoms with Gasteiger partial charge >= 0.3 is 0 Å². The maximum absolute atomic E-state index is 4.44. The molecule has 2 heterocycles. The molecule has 1 N–H and O–H groups in total. The smallest absolute Gasteiger partial charge is 0.0556 e. The van der Waals surface area contributed by atoms with E-state index in [0.717, 1.165) is 32.4 Å². The van der Waals surface area contributed by atoms with Gasteiger partial charge in [-0.2, -0.15) is 5.10 Å². The second kappa shape index (κ2) is 7.80. The minimum absolute atomic E-state index is 0.311. The highest BCUT2D eigenvalue weighted by molar-refractivity contribution is 5.16. The summed E-state index contributed by atoms with van der Waals surface area (Å²) >= 11 is 0. The van der Waals surface area contributed by atoms with Crippen molar-refractivity contribution in [3.05, 3.63) is 48.0 Å². The molecule has 4 heteroatoms. The zero-order chi connectivity index (χ0) is 14.2. The predicted octanol–water partition coefficient (Wildman–Crippen LogP) is 2.97. The topological polar surface area (TPSA) is 42.7 Å². The summed E-state index contributed by atoms with van der Waals surface area (Å²) < 4.78 is 2.12. The van der Waals surface area contributed by atoms with E-state index >= 15 is 0 Å². The Hall–Kier alpha value is -1.68. The van der Waals surface area contributed by atoms with E-state index in [0.29, 0.717) is 6.04 Å². The number of nitrogens with one attached hydrogen (secondary N) is 1. The lowest BCUT2D eigenvalue weighted by Gasteiger charge is -2.20. The summed E-state index contributed by atoms with van der Waals surface area (Å²) in [5.41, 5.74) is 2.58. The van der Waals surface area contributed by atoms with Crippen LogP contribution in [0.5, 0.6) is 0 Å². The molecule has 2 rings (SSSR count). The van der Waals surface area contributed by atoms with E-state index in [2.05, 4.69) is 52.1 Å². The quantitative estimate of drug-likeness (QED) is 0.803. The molecule has 0 saturated heterocycles. The normalized spacial score (nSPS) is 12.5. The van der Waals surface area contributed by atoms with Gasteiger partial charge in [0.05, 0.1) is 11.7 Å². The molecule has 0 fully saturated rings. The molecule has 0 aromatic carbocycles. The maximum atomic E-state index is 4.44. The van der Waals surface area contributed by atoms with Crippen molar-refractivity contribution in [2.75, 3.05) is 6.54 Å². The average Bonchev–Trinajstić information content (AvgIpc) is 2.93. The van der Waals surface area contributed by atoms with Crippen molar-refractivity contribution in [3.8, 4) is 0 Å². The number of rotatable bonds is 8. The Kier molecular flexibility index (Phi) is 5.74. The fourth-order valence-corrected chi connectivity index (χ4v) is 2.39. The molecule has 2 aromatic heterocycles. The van der Waals surface area contributed by atoms with Crippen molar-refractivity contribution in [1.29, 1.82) is 0 Å². The molecule has 0 aliphatic rings. The third kappa shape index (κ3) is 3.90. The Morgan fingerprint density at radius 3 is 2.60 bits per heavy atom. The van der Waals surface area contributed by atoms with E-state index < -0.39 is 0 Å². The largest absolute Gasteiger partial charge is 0.308 e. The molecule has 1 atom stereocenters. The van der Waals surface area contributed by atoms with Crippen molar-refractivity contribution in [3.63, 3.8) is 0 Å². The van der Waals surface area contributed by atoms with Crippen molar-refractivity contribution >= 4 is 0 Å². The van der Waals surface area contributed by atoms with E-state index in [1.165, 1.54) is 11.3 Å². The molecule has 0 saturated carbocycles. The van der Waals surface area contributed by atoms with Crippen LogP contribution in [0, 0.1) is 0 Å². The highest BCUT2D eigenvalue weighted by Gasteiger charge is 2.15. The summed E-state index contributed by atoms with van der Waals surface area (Å²) in [6.07, 6.45) is 8.82. The monoisotopic (exact) mass is 272 g/mol. The first-order chi connectivity index (χ1) is 9.85. The first kappa shape index (κ1) is 14.7. The van der Waals surface area contributed by atoms with Gasteiger partial charge < -0.3 is 5.32 Å². The van der Waals surface area contributed by atoms with Crippen LogP contribution in [0.3, 0.4) is 0 Å². The van der Waals surface area contributed by atoms with Gasteiger partial charge in [0.25, 0.3) is 0 Å². The average molecular weight is 272 g/mol. The van der Waals surface area contributed by atoms with Crippen LogP contribution in [0.2, 0.25) is 0 Å². The summed E-state index contributed by atoms with van der Waals surface area (Å²) in [4.78, 5) is 4.09. The summed E-state index contributed by atoms with van der Waals surface area (Å²) in [6, 6.07) is 6.61. The van der Waals surface area contributed by atoms with Crippen molar-refractivity contribution in [2.45, 2.75) is 45.7 Å². The zero-order valence-electron chi connectivity index (χ0n) is 12.4. The molecule has 2 aromatic rings. The zero-order valence-corrected chi connectivity index (χ0v) is 12.4. The van der Waals surface area contributed by atoms with Crippen molar-refractivity contribution in [2.24, 2.45) is 0 Å². The predicted molar refractivity (Wildman–Crippen MR) is 81.5 cm³/mol. The summed E-state index contributed by atoms with van der Waals surface area (Å²) in [5, 5.41) is 8.08. The molecule has 20 heavy (non-hydrogen) atoms. The highest BCUT2D eigenvalue weighted by Crippen LogP contribution is 2.18. The highest BCUT2D eigenvalue weighted by atomic mass is 15.3. The summed E-state index contributed by atoms with van der Waals surface area (Å²) in [7, 11) is 0. The fraction of sp³-hybridized carbons (Fsp3) is 0.500. The molecular weight excluding hydrogens is 248 g/mol. The number of nitrogens with zero attached hydrogens (tertiary/aromatic N) is 3. The summed E-state index contributed by atoms with van der Waals surface area (Å²) in [6.45, 7) is 6.37. The molecule has 0 radical (unpaired) electrons. The van der Waals surface area contributed by atoms with Gasteiger partial charge in [-0.15, -0.1) is 0 Å². The van der Waals surface area contributed by atoms with Crippen LogP contribution >= 0.6 is 0 Å². The van der Waals surface area contributed by atoms with Crippen LogP contribution in [0.15, 0.2) is 36.8 Å². The van der Waals surface area contributed by atoms with Crippen LogP contribution in [-0.4, -0.2) is 21.3 Å². The molecule has 0 bridgehead atoms. The number of aromatic nitrogens is 3. The van der Waals surface area contributed by atoms with Gasteiger partial charge in [-0.1, -0.05) is 13.8 Å². The van der Waals surface area contributed by atoms with E-state index in [4.69, 9.17) is 0 Å². The van der Waals surface area contributed by atoms with Gasteiger partial charge in [0.2, 0.25) is 0 Å². The molecule has 0 spiro atoms. The Bertz CT molecular complexity index is 492. The Balaban J connectivity index is 2.16. The van der Waals surface area contributed by atoms with E-state index in [-0.39, 0.29) is 0 Å². The number of aryl methyl sites for hydroxylation is 1. The molecule has 0 aliphatic carbocycles. The molecule has 0 aliphatic heterocycles. The number of pyridine rings is 1. The van der Waals surface area contributed by atoms with Crippen LogP contribution in [0.4, 0.5) is 0 Å². The second-order valence-electron chi connectivity index (χ2n) is 5.05. The van der Waals surface area contributed by atoms with Crippen LogP contribution in [0.25, 0.3) is 0 Å². The van der Waals surface area contributed by atoms with Gasteiger partial charge in [0.15, 0.2) is 0 Å². The SMILES string of the molecule is CCCNC(Cc1ccncc1)c1ccnn1CCC. The standard InChI is InChI=1S/C16H24N4/c1-3-8-18-15(13-14-5-9-17-10-6-14)16-7-11-19-20(16)12-4-2/h5-7,9-11,15,18H,3-4,8,12-13H2,1-2H3. The van der Waals surface area contributed by atoms with Gasteiger partial charge in [0.1, 0.15) is 0 Å². The molecule has 1 unspecified atom stereocenters. The van der Waals surface area contributed by atoms with Crippen molar-refractivity contribution < 1.29 is 0 Å². The van der Waals surface area contributed by atoms with Gasteiger partial charge in [-0.25, -0.2) is 0 Å². The lowest BCUT2D eigenvalue weighted by molar-refractivity contribution is 0.468. The first-order valence-electron chi connectivity index (χ1n) is 7.49. The van der Waals surface area contributed by atoms with Crippen LogP contribution in [-0.2, 0) is 13.0 Å². The number of hydrogen-bond acceptors (Lipinski definition) is 3. The summed E-state index contributed by atoms with van der Waals surface area (Å²) in [5.74, 6) is 0. The van der Waals surface area contributed by atoms with Crippen LogP contribution < -0.4 is 5.32 Å². The maximum Gasteiger partial charge on any atom is 0.0556 e. The van der Waals surface area contributed by atoms with Gasteiger partial charge in [-0.3, -0.25) is 9.67 Å². The minimum Gasteiger partial charge on any atom is -0.308 e. The third-order valence-electron chi connectivity index (χ3n) is 3.37. The lowest BCUT2D eigenvalue weighted by atomic mass is 10.0. The van der Waals surface area contributed by atoms with Crippen LogP contribution in [0.1, 0.15) is 44.0 Å². The Morgan fingerprint density at radius 2 is 1.90 bits per heavy atom. The fourth-order valence-electron chi connectivity index (χ4n) is 2.39. The molecular formula is C16H24N4. The first-order valence-corrected chi connectivity index (χ1v) is 7.49. The lowest BCUT2D eigenvalue weighted by Crippen LogP contribution is -2.26. The van der Waals surface area contributed by atoms with Gasteiger partial charge in [-0.05, 0) is 49.6 Å². The minimum atomic E-state index is 0.311. The Labute approximate surface area is 121 Å². The van der Waals surface area contributed by atoms with E-state index in [9.17, 15) is 0 Å². The molecule has 4 nitrogen and oxygen atoms in total. The van der Waals surface area contributed by atoms with Gasteiger partial charge in [0, 0.05) is 25.1 Å².